The second-order valence-corrected chi connectivity index (χ2v) is 5.07. The molecule has 2 aromatic rings. The third kappa shape index (κ3) is 4.13. The number of nitrogens with zero attached hydrogens (tertiary/aromatic N) is 1. The van der Waals surface area contributed by atoms with Crippen molar-refractivity contribution in [2.24, 2.45) is 0 Å². The third-order valence-electron chi connectivity index (χ3n) is 3.60. The van der Waals surface area contributed by atoms with Crippen LogP contribution < -0.4 is 34.7 Å². The van der Waals surface area contributed by atoms with E-state index in [4.69, 9.17) is 0 Å². The van der Waals surface area contributed by atoms with Crippen molar-refractivity contribution in [3.8, 4) is 11.3 Å². The van der Waals surface area contributed by atoms with Crippen molar-refractivity contribution in [1.82, 2.24) is 4.57 Å². The first kappa shape index (κ1) is 18.8. The smallest absolute Gasteiger partial charge is 0.543 e. The maximum atomic E-state index is 11.3. The van der Waals surface area contributed by atoms with Gasteiger partial charge in [-0.25, -0.2) is 0 Å². The summed E-state index contributed by atoms with van der Waals surface area (Å²) in [7, 11) is 0. The molecule has 0 aliphatic carbocycles. The van der Waals surface area contributed by atoms with Crippen molar-refractivity contribution < 1.29 is 39.5 Å². The number of rotatable bonds is 7. The summed E-state index contributed by atoms with van der Waals surface area (Å²) in [4.78, 5) is 11.3. The maximum absolute atomic E-state index is 11.3. The molecule has 0 unspecified atom stereocenters. The summed E-state index contributed by atoms with van der Waals surface area (Å²) in [6, 6.07) is 11.5. The van der Waals surface area contributed by atoms with Crippen LogP contribution in [-0.4, -0.2) is 10.5 Å². The van der Waals surface area contributed by atoms with Crippen LogP contribution in [0.15, 0.2) is 43.0 Å². The molecule has 0 amide bonds. The zero-order valence-corrected chi connectivity index (χ0v) is 15.3. The van der Waals surface area contributed by atoms with Crippen molar-refractivity contribution in [1.29, 1.82) is 0 Å². The molecule has 0 radical (unpaired) electrons. The standard InChI is InChI=1S/C18H21NO2.Na/c1-3-5-7-12-15-13-16(18(20)21)19(4-2)17(15)14-10-8-6-9-11-14;/h4,6,8-11,13H,2-3,5,7,12H2,1H3,(H,20,21);/q;+1/p-1. The van der Waals surface area contributed by atoms with E-state index in [1.54, 1.807) is 10.6 Å². The van der Waals surface area contributed by atoms with E-state index in [9.17, 15) is 9.90 Å². The van der Waals surface area contributed by atoms with E-state index in [1.165, 1.54) is 6.20 Å². The van der Waals surface area contributed by atoms with Gasteiger partial charge in [0.25, 0.3) is 0 Å². The Labute approximate surface area is 154 Å². The fourth-order valence-electron chi connectivity index (χ4n) is 2.60. The molecule has 110 valence electrons. The molecule has 0 fully saturated rings. The molecule has 1 aromatic heterocycles. The fourth-order valence-corrected chi connectivity index (χ4v) is 2.60. The summed E-state index contributed by atoms with van der Waals surface area (Å²) >= 11 is 0. The molecule has 0 aliphatic heterocycles. The molecule has 0 aliphatic rings. The summed E-state index contributed by atoms with van der Waals surface area (Å²) in [6.07, 6.45) is 5.71. The number of hydrogen-bond acceptors (Lipinski definition) is 2. The molecule has 0 saturated carbocycles. The third-order valence-corrected chi connectivity index (χ3v) is 3.60. The van der Waals surface area contributed by atoms with Gasteiger partial charge >= 0.3 is 29.6 Å². The molecule has 4 heteroatoms. The van der Waals surface area contributed by atoms with Crippen LogP contribution in [0.3, 0.4) is 0 Å². The molecular weight excluding hydrogens is 285 g/mol. The summed E-state index contributed by atoms with van der Waals surface area (Å²) in [5.74, 6) is -1.17. The van der Waals surface area contributed by atoms with E-state index >= 15 is 0 Å². The van der Waals surface area contributed by atoms with E-state index in [1.807, 2.05) is 30.3 Å². The average Bonchev–Trinajstić information content (AvgIpc) is 2.87. The van der Waals surface area contributed by atoms with Gasteiger partial charge in [0.2, 0.25) is 0 Å². The predicted octanol–water partition coefficient (Wildman–Crippen LogP) is 0.356. The summed E-state index contributed by atoms with van der Waals surface area (Å²) in [5.41, 5.74) is 3.10. The fraction of sp³-hybridized carbons (Fsp3) is 0.278. The van der Waals surface area contributed by atoms with Crippen LogP contribution in [0.4, 0.5) is 0 Å². The summed E-state index contributed by atoms with van der Waals surface area (Å²) < 4.78 is 1.62. The second kappa shape index (κ2) is 8.99. The molecule has 0 saturated heterocycles. The maximum Gasteiger partial charge on any atom is 1.00 e. The van der Waals surface area contributed by atoms with E-state index in [2.05, 4.69) is 13.5 Å². The molecule has 22 heavy (non-hydrogen) atoms. The Hall–Kier alpha value is -1.29. The number of hydrogen-bond donors (Lipinski definition) is 0. The number of aromatic carboxylic acids is 1. The molecule has 0 N–H and O–H groups in total. The topological polar surface area (TPSA) is 45.1 Å². The SMILES string of the molecule is C=Cn1c(C(=O)[O-])cc(CCCCC)c1-c1ccccc1.[Na+]. The van der Waals surface area contributed by atoms with Crippen LogP contribution in [-0.2, 0) is 6.42 Å². The van der Waals surface area contributed by atoms with Crippen LogP contribution in [0, 0.1) is 0 Å². The Morgan fingerprint density at radius 1 is 1.27 bits per heavy atom. The minimum atomic E-state index is -1.17. The predicted molar refractivity (Wildman–Crippen MR) is 83.8 cm³/mol. The molecule has 2 rings (SSSR count). The number of carboxylic acid groups (broad SMARTS) is 1. The number of aromatic nitrogens is 1. The van der Waals surface area contributed by atoms with Crippen molar-refractivity contribution in [3.05, 3.63) is 54.2 Å². The molecule has 0 spiro atoms. The van der Waals surface area contributed by atoms with Crippen LogP contribution in [0.25, 0.3) is 17.5 Å². The van der Waals surface area contributed by atoms with Crippen LogP contribution >= 0.6 is 0 Å². The van der Waals surface area contributed by atoms with Gasteiger partial charge in [-0.1, -0.05) is 56.7 Å². The minimum absolute atomic E-state index is 0. The average molecular weight is 305 g/mol. The second-order valence-electron chi connectivity index (χ2n) is 5.07. The van der Waals surface area contributed by atoms with Crippen molar-refractivity contribution in [2.75, 3.05) is 0 Å². The largest absolute Gasteiger partial charge is 1.00 e. The van der Waals surface area contributed by atoms with Gasteiger partial charge in [0.05, 0.1) is 17.4 Å². The van der Waals surface area contributed by atoms with Crippen LogP contribution in [0.5, 0.6) is 0 Å². The monoisotopic (exact) mass is 305 g/mol. The number of benzene rings is 1. The normalized spacial score (nSPS) is 10.0. The first-order valence-electron chi connectivity index (χ1n) is 7.32. The van der Waals surface area contributed by atoms with Gasteiger partial charge in [0, 0.05) is 6.20 Å². The van der Waals surface area contributed by atoms with Gasteiger partial charge in [-0.05, 0) is 30.0 Å². The molecule has 0 atom stereocenters. The quantitative estimate of drug-likeness (QED) is 0.547. The van der Waals surface area contributed by atoms with Crippen molar-refractivity contribution in [2.45, 2.75) is 32.6 Å². The van der Waals surface area contributed by atoms with Crippen LogP contribution in [0.1, 0.15) is 42.2 Å². The van der Waals surface area contributed by atoms with Crippen LogP contribution in [0.2, 0.25) is 0 Å². The first-order valence-corrected chi connectivity index (χ1v) is 7.32. The van der Waals surface area contributed by atoms with Gasteiger partial charge < -0.3 is 14.5 Å². The van der Waals surface area contributed by atoms with Gasteiger partial charge in [-0.2, -0.15) is 0 Å². The Kier molecular flexibility index (Phi) is 7.66. The molecule has 1 aromatic carbocycles. The molecule has 0 bridgehead atoms. The van der Waals surface area contributed by atoms with Crippen molar-refractivity contribution in [3.63, 3.8) is 0 Å². The van der Waals surface area contributed by atoms with Gasteiger partial charge in [0.15, 0.2) is 0 Å². The zero-order chi connectivity index (χ0) is 15.2. The number of carboxylic acids is 1. The summed E-state index contributed by atoms with van der Waals surface area (Å²) in [6.45, 7) is 5.89. The zero-order valence-electron chi connectivity index (χ0n) is 13.3. The van der Waals surface area contributed by atoms with E-state index in [0.29, 0.717) is 0 Å². The van der Waals surface area contributed by atoms with E-state index in [0.717, 1.165) is 42.5 Å². The van der Waals surface area contributed by atoms with Gasteiger partial charge in [-0.15, -0.1) is 0 Å². The van der Waals surface area contributed by atoms with Crippen molar-refractivity contribution >= 4 is 12.2 Å². The number of carbonyl (C=O) groups is 1. The number of aryl methyl sites for hydroxylation is 1. The Balaban J connectivity index is 0.00000242. The number of carbonyl (C=O) groups excluding carboxylic acids is 1. The van der Waals surface area contributed by atoms with E-state index < -0.39 is 5.97 Å². The molecule has 1 heterocycles. The Bertz CT molecular complexity index is 632. The van der Waals surface area contributed by atoms with Gasteiger partial charge in [0.1, 0.15) is 0 Å². The summed E-state index contributed by atoms with van der Waals surface area (Å²) in [5, 5.41) is 11.3. The molecular formula is C18H20NNaO2. The Morgan fingerprint density at radius 3 is 2.50 bits per heavy atom. The Morgan fingerprint density at radius 2 is 1.95 bits per heavy atom. The van der Waals surface area contributed by atoms with E-state index in [-0.39, 0.29) is 35.3 Å². The minimum Gasteiger partial charge on any atom is -0.543 e. The first-order chi connectivity index (χ1) is 10.2. The van der Waals surface area contributed by atoms with Gasteiger partial charge in [-0.3, -0.25) is 0 Å². The number of unbranched alkanes of at least 4 members (excludes halogenated alkanes) is 2. The molecule has 3 nitrogen and oxygen atoms in total.